The highest BCUT2D eigenvalue weighted by Gasteiger charge is 2.31. The summed E-state index contributed by atoms with van der Waals surface area (Å²) in [6.45, 7) is 10.7. The first-order valence-corrected chi connectivity index (χ1v) is 12.8. The lowest BCUT2D eigenvalue weighted by Gasteiger charge is -2.27. The van der Waals surface area contributed by atoms with Gasteiger partial charge in [0.25, 0.3) is 0 Å². The predicted molar refractivity (Wildman–Crippen MR) is 139 cm³/mol. The third-order valence-corrected chi connectivity index (χ3v) is 6.73. The Morgan fingerprint density at radius 1 is 0.943 bits per heavy atom. The average molecular weight is 478 g/mol. The molecule has 1 aromatic heterocycles. The summed E-state index contributed by atoms with van der Waals surface area (Å²) in [7, 11) is 0. The van der Waals surface area contributed by atoms with Gasteiger partial charge in [-0.2, -0.15) is 5.10 Å². The Morgan fingerprint density at radius 3 is 2.54 bits per heavy atom. The normalized spacial score (nSPS) is 18.9. The van der Waals surface area contributed by atoms with Gasteiger partial charge in [0.1, 0.15) is 18.1 Å². The summed E-state index contributed by atoms with van der Waals surface area (Å²) < 4.78 is 14.0. The van der Waals surface area contributed by atoms with Gasteiger partial charge in [0.15, 0.2) is 0 Å². The third-order valence-electron chi connectivity index (χ3n) is 6.73. The molecule has 0 bridgehead atoms. The fourth-order valence-electron chi connectivity index (χ4n) is 4.69. The van der Waals surface area contributed by atoms with Crippen molar-refractivity contribution in [2.45, 2.75) is 65.1 Å². The molecule has 0 amide bonds. The monoisotopic (exact) mass is 477 g/mol. The number of benzene rings is 2. The maximum atomic E-state index is 11.1. The zero-order valence-corrected chi connectivity index (χ0v) is 21.4. The minimum Gasteiger partial charge on any atom is -0.494 e. The Balaban J connectivity index is 1.22. The van der Waals surface area contributed by atoms with Crippen LogP contribution < -0.4 is 9.47 Å². The number of ether oxygens (including phenoxy) is 2. The van der Waals surface area contributed by atoms with E-state index in [1.165, 1.54) is 16.8 Å². The lowest BCUT2D eigenvalue weighted by molar-refractivity contribution is -0.0168. The van der Waals surface area contributed by atoms with Crippen LogP contribution in [0.15, 0.2) is 54.6 Å². The average Bonchev–Trinajstić information content (AvgIpc) is 3.04. The second-order valence-corrected chi connectivity index (χ2v) is 9.96. The van der Waals surface area contributed by atoms with Gasteiger partial charge in [-0.3, -0.25) is 9.58 Å². The summed E-state index contributed by atoms with van der Waals surface area (Å²) in [4.78, 5) is 2.42. The van der Waals surface area contributed by atoms with Crippen LogP contribution in [0.25, 0.3) is 0 Å². The van der Waals surface area contributed by atoms with Crippen molar-refractivity contribution in [2.24, 2.45) is 0 Å². The molecule has 1 atom stereocenters. The predicted octanol–water partition coefficient (Wildman–Crippen LogP) is 5.07. The number of likely N-dealkylation sites (tertiary alicyclic amines) is 1. The molecule has 1 N–H and O–H groups in total. The fourth-order valence-corrected chi connectivity index (χ4v) is 4.69. The van der Waals surface area contributed by atoms with Crippen LogP contribution in [0.4, 0.5) is 0 Å². The number of aryl methyl sites for hydroxylation is 4. The van der Waals surface area contributed by atoms with E-state index in [4.69, 9.17) is 9.47 Å². The third kappa shape index (κ3) is 7.58. The van der Waals surface area contributed by atoms with Crippen molar-refractivity contribution in [2.75, 3.05) is 26.3 Å². The van der Waals surface area contributed by atoms with Gasteiger partial charge in [-0.25, -0.2) is 0 Å². The molecule has 1 unspecified atom stereocenters. The van der Waals surface area contributed by atoms with Gasteiger partial charge < -0.3 is 14.6 Å². The molecule has 0 spiro atoms. The molecule has 3 aromatic rings. The minimum atomic E-state index is -0.782. The molecule has 1 aliphatic heterocycles. The van der Waals surface area contributed by atoms with Crippen molar-refractivity contribution < 1.29 is 14.6 Å². The van der Waals surface area contributed by atoms with Crippen molar-refractivity contribution in [3.05, 3.63) is 77.1 Å². The number of aromatic nitrogens is 2. The van der Waals surface area contributed by atoms with Gasteiger partial charge in [0.05, 0.1) is 17.9 Å². The summed E-state index contributed by atoms with van der Waals surface area (Å²) in [6.07, 6.45) is 3.34. The molecule has 0 aliphatic carbocycles. The first kappa shape index (κ1) is 25.3. The van der Waals surface area contributed by atoms with Gasteiger partial charge in [-0.1, -0.05) is 29.8 Å². The molecule has 6 nitrogen and oxygen atoms in total. The van der Waals surface area contributed by atoms with Crippen LogP contribution in [0.5, 0.6) is 11.5 Å². The zero-order valence-electron chi connectivity index (χ0n) is 21.4. The maximum Gasteiger partial charge on any atom is 0.119 e. The highest BCUT2D eigenvalue weighted by Crippen LogP contribution is 2.25. The fraction of sp³-hybridized carbons (Fsp3) is 0.483. The Hall–Kier alpha value is -2.83. The molecule has 0 radical (unpaired) electrons. The molecule has 6 heteroatoms. The van der Waals surface area contributed by atoms with E-state index < -0.39 is 5.60 Å². The smallest absolute Gasteiger partial charge is 0.119 e. The van der Waals surface area contributed by atoms with Crippen molar-refractivity contribution in [3.8, 4) is 11.5 Å². The van der Waals surface area contributed by atoms with Gasteiger partial charge in [0.2, 0.25) is 0 Å². The molecular formula is C29H39N3O3. The zero-order chi connectivity index (χ0) is 24.7. The van der Waals surface area contributed by atoms with Crippen LogP contribution in [0, 0.1) is 20.8 Å². The number of nitrogens with zero attached hydrogens (tertiary/aromatic N) is 3. The summed E-state index contributed by atoms with van der Waals surface area (Å²) in [5.41, 5.74) is 3.91. The largest absolute Gasteiger partial charge is 0.494 e. The molecule has 4 rings (SSSR count). The quantitative estimate of drug-likeness (QED) is 0.413. The number of hydrogen-bond donors (Lipinski definition) is 1. The van der Waals surface area contributed by atoms with Crippen molar-refractivity contribution in [1.29, 1.82) is 0 Å². The summed E-state index contributed by atoms with van der Waals surface area (Å²) in [5.74, 6) is 1.73. The molecule has 2 heterocycles. The Morgan fingerprint density at radius 2 is 1.77 bits per heavy atom. The van der Waals surface area contributed by atoms with Gasteiger partial charge >= 0.3 is 0 Å². The van der Waals surface area contributed by atoms with E-state index in [2.05, 4.69) is 48.1 Å². The van der Waals surface area contributed by atoms with E-state index in [-0.39, 0.29) is 0 Å². The molecule has 188 valence electrons. The van der Waals surface area contributed by atoms with Gasteiger partial charge in [0, 0.05) is 31.7 Å². The van der Waals surface area contributed by atoms with E-state index >= 15 is 0 Å². The van der Waals surface area contributed by atoms with Crippen LogP contribution in [0.2, 0.25) is 0 Å². The highest BCUT2D eigenvalue weighted by molar-refractivity contribution is 5.28. The van der Waals surface area contributed by atoms with Crippen LogP contribution >= 0.6 is 0 Å². The standard InChI is InChI=1S/C29H39N3O3/c1-23-9-11-27(12-10-23)35-22-29(33)13-5-15-31(17-14-29)21-26-7-4-8-28(20-26)34-18-6-16-32-25(3)19-24(2)30-32/h4,7-12,19-20,33H,5-6,13-18,21-22H2,1-3H3. The summed E-state index contributed by atoms with van der Waals surface area (Å²) in [6, 6.07) is 18.5. The lowest BCUT2D eigenvalue weighted by atomic mass is 9.96. The Labute approximate surface area is 209 Å². The molecule has 1 aliphatic rings. The van der Waals surface area contributed by atoms with Crippen LogP contribution in [-0.4, -0.2) is 51.7 Å². The van der Waals surface area contributed by atoms with Gasteiger partial charge in [-0.15, -0.1) is 0 Å². The molecule has 0 saturated carbocycles. The summed E-state index contributed by atoms with van der Waals surface area (Å²) in [5, 5.41) is 15.7. The lowest BCUT2D eigenvalue weighted by Crippen LogP contribution is -2.37. The van der Waals surface area contributed by atoms with Crippen molar-refractivity contribution in [3.63, 3.8) is 0 Å². The first-order chi connectivity index (χ1) is 16.9. The number of rotatable bonds is 10. The molecule has 35 heavy (non-hydrogen) atoms. The second-order valence-electron chi connectivity index (χ2n) is 9.96. The van der Waals surface area contributed by atoms with Crippen LogP contribution in [-0.2, 0) is 13.1 Å². The summed E-state index contributed by atoms with van der Waals surface area (Å²) >= 11 is 0. The molecule has 2 aromatic carbocycles. The SMILES string of the molecule is Cc1ccc(OCC2(O)CCCN(Cc3cccc(OCCCn4nc(C)cc4C)c3)CC2)cc1. The van der Waals surface area contributed by atoms with E-state index in [1.54, 1.807) is 0 Å². The number of aliphatic hydroxyl groups is 1. The van der Waals surface area contributed by atoms with E-state index in [0.717, 1.165) is 62.6 Å². The maximum absolute atomic E-state index is 11.1. The van der Waals surface area contributed by atoms with E-state index in [9.17, 15) is 5.11 Å². The van der Waals surface area contributed by atoms with Gasteiger partial charge in [-0.05, 0) is 82.5 Å². The Bertz CT molecular complexity index is 1080. The van der Waals surface area contributed by atoms with E-state index in [1.807, 2.05) is 41.9 Å². The molecular weight excluding hydrogens is 438 g/mol. The first-order valence-electron chi connectivity index (χ1n) is 12.8. The van der Waals surface area contributed by atoms with E-state index in [0.29, 0.717) is 19.6 Å². The minimum absolute atomic E-state index is 0.338. The number of hydrogen-bond acceptors (Lipinski definition) is 5. The topological polar surface area (TPSA) is 59.8 Å². The Kier molecular flexibility index (Phi) is 8.47. The van der Waals surface area contributed by atoms with Crippen LogP contribution in [0.3, 0.4) is 0 Å². The van der Waals surface area contributed by atoms with Crippen LogP contribution in [0.1, 0.15) is 48.2 Å². The van der Waals surface area contributed by atoms with Crippen molar-refractivity contribution in [1.82, 2.24) is 14.7 Å². The molecule has 1 fully saturated rings. The second kappa shape index (κ2) is 11.7. The molecule has 1 saturated heterocycles. The van der Waals surface area contributed by atoms with Crippen molar-refractivity contribution >= 4 is 0 Å². The highest BCUT2D eigenvalue weighted by atomic mass is 16.5.